The van der Waals surface area contributed by atoms with Gasteiger partial charge in [-0.05, 0) is 62.7 Å². The van der Waals surface area contributed by atoms with Crippen LogP contribution in [0.25, 0.3) is 5.82 Å². The number of rotatable bonds is 6. The van der Waals surface area contributed by atoms with Gasteiger partial charge in [-0.15, -0.1) is 0 Å². The normalized spacial score (nSPS) is 10.8. The molecule has 4 rings (SSSR count). The van der Waals surface area contributed by atoms with E-state index in [9.17, 15) is 4.79 Å². The summed E-state index contributed by atoms with van der Waals surface area (Å²) in [6.07, 6.45) is 0.202. The molecular formula is C24H22ClN5O2. The van der Waals surface area contributed by atoms with Gasteiger partial charge in [0, 0.05) is 22.5 Å². The summed E-state index contributed by atoms with van der Waals surface area (Å²) in [5.74, 6) is 2.07. The van der Waals surface area contributed by atoms with E-state index in [0.29, 0.717) is 34.0 Å². The Morgan fingerprint density at radius 1 is 1.03 bits per heavy atom. The second-order valence-corrected chi connectivity index (χ2v) is 7.80. The Kier molecular flexibility index (Phi) is 6.18. The smallest absolute Gasteiger partial charge is 0.228 e. The summed E-state index contributed by atoms with van der Waals surface area (Å²) < 4.78 is 7.68. The maximum Gasteiger partial charge on any atom is 0.228 e. The highest BCUT2D eigenvalue weighted by Crippen LogP contribution is 2.24. The van der Waals surface area contributed by atoms with Crippen LogP contribution in [-0.2, 0) is 11.2 Å². The fourth-order valence-corrected chi connectivity index (χ4v) is 3.50. The first-order chi connectivity index (χ1) is 15.4. The van der Waals surface area contributed by atoms with E-state index in [1.165, 1.54) is 0 Å². The van der Waals surface area contributed by atoms with Gasteiger partial charge in [0.25, 0.3) is 0 Å². The zero-order chi connectivity index (χ0) is 22.7. The standard InChI is InChI=1S/C24H22ClN5O2/c1-15-12-16(2)30(29-15)22-14-24(27-17(3)26-22)32-20-10-8-19(9-11-20)28-23(31)13-18-6-4-5-7-21(18)25/h4-12,14H,13H2,1-3H3,(H,28,31). The molecule has 0 unspecified atom stereocenters. The van der Waals surface area contributed by atoms with Crippen molar-refractivity contribution in [1.29, 1.82) is 0 Å². The molecule has 1 N–H and O–H groups in total. The van der Waals surface area contributed by atoms with Crippen molar-refractivity contribution in [2.45, 2.75) is 27.2 Å². The summed E-state index contributed by atoms with van der Waals surface area (Å²) >= 11 is 6.13. The number of amides is 1. The van der Waals surface area contributed by atoms with Gasteiger partial charge in [0.05, 0.1) is 12.1 Å². The van der Waals surface area contributed by atoms with E-state index in [1.54, 1.807) is 48.0 Å². The Morgan fingerprint density at radius 2 is 1.78 bits per heavy atom. The van der Waals surface area contributed by atoms with E-state index in [4.69, 9.17) is 16.3 Å². The van der Waals surface area contributed by atoms with E-state index in [-0.39, 0.29) is 12.3 Å². The van der Waals surface area contributed by atoms with Gasteiger partial charge in [0.15, 0.2) is 5.82 Å². The SMILES string of the molecule is Cc1cc(C)n(-c2cc(Oc3ccc(NC(=O)Cc4ccccc4Cl)cc3)nc(C)n2)n1. The predicted octanol–water partition coefficient (Wildman–Crippen LogP) is 5.21. The minimum atomic E-state index is -0.146. The van der Waals surface area contributed by atoms with Crippen molar-refractivity contribution in [3.8, 4) is 17.4 Å². The van der Waals surface area contributed by atoms with Gasteiger partial charge >= 0.3 is 0 Å². The number of benzene rings is 2. The molecule has 162 valence electrons. The molecule has 0 atom stereocenters. The molecule has 0 aliphatic rings. The van der Waals surface area contributed by atoms with Gasteiger partial charge in [-0.1, -0.05) is 29.8 Å². The lowest BCUT2D eigenvalue weighted by molar-refractivity contribution is -0.115. The van der Waals surface area contributed by atoms with Crippen molar-refractivity contribution < 1.29 is 9.53 Å². The highest BCUT2D eigenvalue weighted by Gasteiger charge is 2.11. The van der Waals surface area contributed by atoms with E-state index in [1.807, 2.05) is 38.1 Å². The summed E-state index contributed by atoms with van der Waals surface area (Å²) in [6.45, 7) is 5.71. The van der Waals surface area contributed by atoms with Crippen molar-refractivity contribution in [3.05, 3.63) is 88.5 Å². The molecule has 4 aromatic rings. The van der Waals surface area contributed by atoms with Crippen LogP contribution in [0.15, 0.2) is 60.7 Å². The first-order valence-corrected chi connectivity index (χ1v) is 10.5. The molecule has 0 saturated heterocycles. The van der Waals surface area contributed by atoms with Crippen molar-refractivity contribution >= 4 is 23.2 Å². The lowest BCUT2D eigenvalue weighted by Gasteiger charge is -2.10. The van der Waals surface area contributed by atoms with Crippen LogP contribution in [0.5, 0.6) is 11.6 Å². The van der Waals surface area contributed by atoms with Crippen LogP contribution in [0.4, 0.5) is 5.69 Å². The fraction of sp³-hybridized carbons (Fsp3) is 0.167. The number of anilines is 1. The van der Waals surface area contributed by atoms with Gasteiger partial charge in [-0.3, -0.25) is 4.79 Å². The maximum atomic E-state index is 12.3. The molecular weight excluding hydrogens is 426 g/mol. The highest BCUT2D eigenvalue weighted by atomic mass is 35.5. The zero-order valence-corrected chi connectivity index (χ0v) is 18.7. The number of carbonyl (C=O) groups excluding carboxylic acids is 1. The van der Waals surface area contributed by atoms with Crippen LogP contribution in [0.2, 0.25) is 5.02 Å². The number of nitrogens with one attached hydrogen (secondary N) is 1. The lowest BCUT2D eigenvalue weighted by atomic mass is 10.1. The number of ether oxygens (including phenoxy) is 1. The van der Waals surface area contributed by atoms with Gasteiger partial charge in [0.1, 0.15) is 11.6 Å². The third kappa shape index (κ3) is 5.12. The Bertz CT molecular complexity index is 1270. The van der Waals surface area contributed by atoms with E-state index < -0.39 is 0 Å². The molecule has 8 heteroatoms. The summed E-state index contributed by atoms with van der Waals surface area (Å²) in [5.41, 5.74) is 3.33. The molecule has 0 aliphatic carbocycles. The lowest BCUT2D eigenvalue weighted by Crippen LogP contribution is -2.14. The molecule has 0 fully saturated rings. The largest absolute Gasteiger partial charge is 0.439 e. The quantitative estimate of drug-likeness (QED) is 0.438. The Morgan fingerprint density at radius 3 is 2.47 bits per heavy atom. The Labute approximate surface area is 191 Å². The van der Waals surface area contributed by atoms with E-state index in [2.05, 4.69) is 20.4 Å². The third-order valence-electron chi connectivity index (χ3n) is 4.70. The molecule has 32 heavy (non-hydrogen) atoms. The van der Waals surface area contributed by atoms with Crippen molar-refractivity contribution in [1.82, 2.24) is 19.7 Å². The average Bonchev–Trinajstić information content (AvgIpc) is 3.09. The van der Waals surface area contributed by atoms with Crippen LogP contribution in [0.3, 0.4) is 0 Å². The Hall–Kier alpha value is -3.71. The topological polar surface area (TPSA) is 81.9 Å². The summed E-state index contributed by atoms with van der Waals surface area (Å²) in [4.78, 5) is 21.1. The first kappa shape index (κ1) is 21.5. The minimum absolute atomic E-state index is 0.146. The zero-order valence-electron chi connectivity index (χ0n) is 18.0. The van der Waals surface area contributed by atoms with Gasteiger partial charge in [0.2, 0.25) is 11.8 Å². The van der Waals surface area contributed by atoms with Crippen molar-refractivity contribution in [2.75, 3.05) is 5.32 Å². The molecule has 2 aromatic heterocycles. The van der Waals surface area contributed by atoms with Gasteiger partial charge in [-0.25, -0.2) is 9.67 Å². The molecule has 0 aliphatic heterocycles. The van der Waals surface area contributed by atoms with Crippen LogP contribution < -0.4 is 10.1 Å². The second kappa shape index (κ2) is 9.20. The predicted molar refractivity (Wildman–Crippen MR) is 124 cm³/mol. The molecule has 0 radical (unpaired) electrons. The maximum absolute atomic E-state index is 12.3. The number of nitrogens with zero attached hydrogens (tertiary/aromatic N) is 4. The molecule has 2 aromatic carbocycles. The summed E-state index contributed by atoms with van der Waals surface area (Å²) in [6, 6.07) is 18.1. The number of carbonyl (C=O) groups is 1. The second-order valence-electron chi connectivity index (χ2n) is 7.39. The van der Waals surface area contributed by atoms with E-state index >= 15 is 0 Å². The Balaban J connectivity index is 1.44. The summed E-state index contributed by atoms with van der Waals surface area (Å²) in [7, 11) is 0. The number of aryl methyl sites for hydroxylation is 3. The number of hydrogen-bond acceptors (Lipinski definition) is 5. The van der Waals surface area contributed by atoms with Gasteiger partial charge in [-0.2, -0.15) is 10.1 Å². The number of hydrogen-bond donors (Lipinski definition) is 1. The van der Waals surface area contributed by atoms with Crippen molar-refractivity contribution in [2.24, 2.45) is 0 Å². The van der Waals surface area contributed by atoms with E-state index in [0.717, 1.165) is 17.0 Å². The van der Waals surface area contributed by atoms with Crippen LogP contribution in [-0.4, -0.2) is 25.7 Å². The van der Waals surface area contributed by atoms with Crippen LogP contribution >= 0.6 is 11.6 Å². The molecule has 0 bridgehead atoms. The number of aromatic nitrogens is 4. The monoisotopic (exact) mass is 447 g/mol. The molecule has 2 heterocycles. The van der Waals surface area contributed by atoms with Crippen LogP contribution in [0, 0.1) is 20.8 Å². The fourth-order valence-electron chi connectivity index (χ4n) is 3.29. The van der Waals surface area contributed by atoms with Crippen molar-refractivity contribution in [3.63, 3.8) is 0 Å². The molecule has 7 nitrogen and oxygen atoms in total. The molecule has 0 saturated carbocycles. The third-order valence-corrected chi connectivity index (χ3v) is 5.07. The molecule has 0 spiro atoms. The van der Waals surface area contributed by atoms with Gasteiger partial charge < -0.3 is 10.1 Å². The summed E-state index contributed by atoms with van der Waals surface area (Å²) in [5, 5.41) is 7.91. The molecule has 1 amide bonds. The average molecular weight is 448 g/mol. The minimum Gasteiger partial charge on any atom is -0.439 e. The highest BCUT2D eigenvalue weighted by molar-refractivity contribution is 6.31. The van der Waals surface area contributed by atoms with Crippen LogP contribution in [0.1, 0.15) is 22.8 Å². The number of halogens is 1. The first-order valence-electron chi connectivity index (χ1n) is 10.1.